The minimum absolute atomic E-state index is 0.293. The zero-order valence-electron chi connectivity index (χ0n) is 22.8. The zero-order valence-corrected chi connectivity index (χ0v) is 22.8. The average molecular weight is 540 g/mol. The number of hydrogen-bond donors (Lipinski definition) is 0. The van der Waals surface area contributed by atoms with Crippen LogP contribution in [-0.4, -0.2) is 0 Å². The molecule has 1 heterocycles. The maximum absolute atomic E-state index is 14.1. The number of benzene rings is 5. The molecule has 4 heteroatoms. The van der Waals surface area contributed by atoms with Crippen molar-refractivity contribution in [2.45, 2.75) is 37.7 Å². The third kappa shape index (κ3) is 3.45. The van der Waals surface area contributed by atoms with Gasteiger partial charge in [0, 0.05) is 27.5 Å². The van der Waals surface area contributed by atoms with E-state index >= 15 is 0 Å². The first-order valence-corrected chi connectivity index (χ1v) is 14.0. The molecule has 0 radical (unpaired) electrons. The molecule has 0 saturated heterocycles. The first-order valence-electron chi connectivity index (χ1n) is 14.0. The molecule has 0 aromatic heterocycles. The lowest BCUT2D eigenvalue weighted by atomic mass is 9.71. The first-order chi connectivity index (χ1) is 20.0. The summed E-state index contributed by atoms with van der Waals surface area (Å²) in [5.41, 5.74) is 6.54. The molecule has 0 N–H and O–H groups in total. The molecule has 200 valence electrons. The highest BCUT2D eigenvalue weighted by Crippen LogP contribution is 2.60. The molecule has 0 spiro atoms. The van der Waals surface area contributed by atoms with Gasteiger partial charge in [-0.3, -0.25) is 0 Å². The van der Waals surface area contributed by atoms with Crippen molar-refractivity contribution in [2.75, 3.05) is 0 Å². The summed E-state index contributed by atoms with van der Waals surface area (Å²) < 4.78 is 35.3. The maximum Gasteiger partial charge on any atom is 0.187 e. The van der Waals surface area contributed by atoms with Crippen molar-refractivity contribution in [1.82, 2.24) is 0 Å². The van der Waals surface area contributed by atoms with Gasteiger partial charge in [-0.1, -0.05) is 86.7 Å². The molecule has 0 saturated carbocycles. The molecule has 2 nitrogen and oxygen atoms in total. The molecule has 0 bridgehead atoms. The molecule has 0 amide bonds. The summed E-state index contributed by atoms with van der Waals surface area (Å²) in [6.45, 7) is 12.1. The summed E-state index contributed by atoms with van der Waals surface area (Å²) in [5, 5.41) is 2.06. The molecule has 5 aromatic rings. The minimum Gasteiger partial charge on any atom is -0.472 e. The number of halogens is 2. The van der Waals surface area contributed by atoms with Crippen LogP contribution in [0.25, 0.3) is 32.8 Å². The highest BCUT2D eigenvalue weighted by molar-refractivity contribution is 6.08. The van der Waals surface area contributed by atoms with E-state index in [1.165, 1.54) is 41.0 Å². The van der Waals surface area contributed by atoms with E-state index in [1.54, 1.807) is 24.3 Å². The summed E-state index contributed by atoms with van der Waals surface area (Å²) in [5.74, 6) is 0.0809. The van der Waals surface area contributed by atoms with Gasteiger partial charge in [0.25, 0.3) is 0 Å². The number of hydrogen-bond acceptors (Lipinski definition) is 1. The van der Waals surface area contributed by atoms with Crippen LogP contribution in [0.4, 0.5) is 14.5 Å². The molecule has 7 rings (SSSR count). The van der Waals surface area contributed by atoms with Gasteiger partial charge in [0.2, 0.25) is 0 Å². The van der Waals surface area contributed by atoms with Crippen molar-refractivity contribution < 1.29 is 13.5 Å². The van der Waals surface area contributed by atoms with Gasteiger partial charge in [-0.25, -0.2) is 13.6 Å². The second kappa shape index (κ2) is 9.14. The van der Waals surface area contributed by atoms with Crippen molar-refractivity contribution in [1.29, 1.82) is 0 Å². The summed E-state index contributed by atoms with van der Waals surface area (Å²) in [4.78, 5) is 3.75. The Hall–Kier alpha value is -4.75. The van der Waals surface area contributed by atoms with Crippen molar-refractivity contribution in [2.24, 2.45) is 0 Å². The lowest BCUT2D eigenvalue weighted by molar-refractivity contribution is 0.163. The van der Waals surface area contributed by atoms with Crippen molar-refractivity contribution in [3.8, 4) is 16.9 Å². The van der Waals surface area contributed by atoms with Crippen molar-refractivity contribution in [3.05, 3.63) is 148 Å². The smallest absolute Gasteiger partial charge is 0.187 e. The molecule has 1 aliphatic carbocycles. The number of ether oxygens (including phenoxy) is 1. The van der Waals surface area contributed by atoms with Crippen LogP contribution in [0, 0.1) is 18.2 Å². The van der Waals surface area contributed by atoms with Crippen molar-refractivity contribution in [3.63, 3.8) is 0 Å². The maximum atomic E-state index is 14.1. The first kappa shape index (κ1) is 25.2. The Balaban J connectivity index is 1.57. The van der Waals surface area contributed by atoms with Crippen LogP contribution in [0.5, 0.6) is 5.75 Å². The van der Waals surface area contributed by atoms with E-state index in [4.69, 9.17) is 11.3 Å². The second-order valence-electron chi connectivity index (χ2n) is 10.9. The fourth-order valence-corrected chi connectivity index (χ4v) is 7.08. The van der Waals surface area contributed by atoms with Crippen LogP contribution in [0.2, 0.25) is 0 Å². The predicted molar refractivity (Wildman–Crippen MR) is 160 cm³/mol. The summed E-state index contributed by atoms with van der Waals surface area (Å²) in [6, 6.07) is 27.0. The normalized spacial score (nSPS) is 15.5. The van der Waals surface area contributed by atoms with Crippen LogP contribution in [0.1, 0.15) is 54.5 Å². The predicted octanol–water partition coefficient (Wildman–Crippen LogP) is 10.1. The molecule has 1 aliphatic heterocycles. The van der Waals surface area contributed by atoms with Gasteiger partial charge in [-0.05, 0) is 70.8 Å². The van der Waals surface area contributed by atoms with Gasteiger partial charge in [0.1, 0.15) is 17.4 Å². The van der Waals surface area contributed by atoms with Crippen LogP contribution in [-0.2, 0) is 11.0 Å². The van der Waals surface area contributed by atoms with E-state index in [0.717, 1.165) is 51.6 Å². The fourth-order valence-electron chi connectivity index (χ4n) is 7.08. The Labute approximate surface area is 238 Å². The van der Waals surface area contributed by atoms with Crippen LogP contribution >= 0.6 is 0 Å². The molecule has 2 aliphatic rings. The third-order valence-corrected chi connectivity index (χ3v) is 9.10. The average Bonchev–Trinajstić information content (AvgIpc) is 3.31. The van der Waals surface area contributed by atoms with E-state index in [1.807, 2.05) is 24.3 Å². The lowest BCUT2D eigenvalue weighted by Gasteiger charge is -2.39. The van der Waals surface area contributed by atoms with E-state index in [-0.39, 0.29) is 17.0 Å². The Bertz CT molecular complexity index is 1860. The Morgan fingerprint density at radius 3 is 1.98 bits per heavy atom. The summed E-state index contributed by atoms with van der Waals surface area (Å²) >= 11 is 0. The van der Waals surface area contributed by atoms with Gasteiger partial charge >= 0.3 is 0 Å². The third-order valence-electron chi connectivity index (χ3n) is 9.10. The highest BCUT2D eigenvalue weighted by atomic mass is 19.1. The van der Waals surface area contributed by atoms with Crippen molar-refractivity contribution >= 4 is 22.5 Å². The van der Waals surface area contributed by atoms with E-state index in [0.29, 0.717) is 5.69 Å². The van der Waals surface area contributed by atoms with Crippen LogP contribution in [0.3, 0.4) is 0 Å². The van der Waals surface area contributed by atoms with Crippen LogP contribution in [0.15, 0.2) is 97.1 Å². The monoisotopic (exact) mass is 539 g/mol. The Morgan fingerprint density at radius 1 is 0.780 bits per heavy atom. The van der Waals surface area contributed by atoms with E-state index < -0.39 is 5.60 Å². The zero-order chi connectivity index (χ0) is 28.4. The standard InChI is InChI=1S/C37H27F2NO/c1-4-36(5-2)32-22-27(40-3)18-19-30(32)33-28-8-6-7-9-29(28)35-31(34(33)36)20-21-37(41-35,23-10-14-25(38)15-11-23)24-12-16-26(39)17-13-24/h6-22H,4-5H2,1-2H3. The topological polar surface area (TPSA) is 13.6 Å². The largest absolute Gasteiger partial charge is 0.472 e. The number of rotatable bonds is 4. The van der Waals surface area contributed by atoms with Gasteiger partial charge in [-0.15, -0.1) is 0 Å². The van der Waals surface area contributed by atoms with Crippen LogP contribution < -0.4 is 4.74 Å². The molecule has 0 unspecified atom stereocenters. The van der Waals surface area contributed by atoms with E-state index in [2.05, 4.69) is 49.0 Å². The highest BCUT2D eigenvalue weighted by Gasteiger charge is 2.46. The molecule has 0 fully saturated rings. The number of nitrogens with zero attached hydrogens (tertiary/aromatic N) is 1. The molecule has 5 aromatic carbocycles. The lowest BCUT2D eigenvalue weighted by Crippen LogP contribution is -2.35. The fraction of sp³-hybridized carbons (Fsp3) is 0.162. The molecular weight excluding hydrogens is 512 g/mol. The van der Waals surface area contributed by atoms with Gasteiger partial charge < -0.3 is 4.74 Å². The van der Waals surface area contributed by atoms with Gasteiger partial charge in [0.15, 0.2) is 11.3 Å². The Kier molecular flexibility index (Phi) is 5.63. The SMILES string of the molecule is [C-]#[N+]c1ccc2c(c1)C(CC)(CC)c1c3c(c4ccccc4c1-2)OC(c1ccc(F)cc1)(c1ccc(F)cc1)C=C3. The molecule has 41 heavy (non-hydrogen) atoms. The summed E-state index contributed by atoms with van der Waals surface area (Å²) in [7, 11) is 0. The number of fused-ring (bicyclic) bond motifs is 8. The van der Waals surface area contributed by atoms with E-state index in [9.17, 15) is 8.78 Å². The minimum atomic E-state index is -1.09. The Morgan fingerprint density at radius 2 is 1.39 bits per heavy atom. The molecular formula is C37H27F2NO. The quantitative estimate of drug-likeness (QED) is 0.207. The van der Waals surface area contributed by atoms with Gasteiger partial charge in [-0.2, -0.15) is 0 Å². The molecule has 0 atom stereocenters. The summed E-state index contributed by atoms with van der Waals surface area (Å²) in [6.07, 6.45) is 5.89. The van der Waals surface area contributed by atoms with Gasteiger partial charge in [0.05, 0.1) is 6.57 Å². The second-order valence-corrected chi connectivity index (χ2v) is 10.9.